The van der Waals surface area contributed by atoms with E-state index in [1.807, 2.05) is 0 Å². The van der Waals surface area contributed by atoms with Crippen LogP contribution in [0.2, 0.25) is 0 Å². The maximum atomic E-state index is 11.1. The molecule has 0 aliphatic carbocycles. The van der Waals surface area contributed by atoms with E-state index in [4.69, 9.17) is 10.9 Å². The van der Waals surface area contributed by atoms with Crippen molar-refractivity contribution in [2.24, 2.45) is 10.9 Å². The van der Waals surface area contributed by atoms with Gasteiger partial charge in [0.2, 0.25) is 0 Å². The second-order valence-electron chi connectivity index (χ2n) is 3.74. The fourth-order valence-electron chi connectivity index (χ4n) is 1.59. The first-order valence-corrected chi connectivity index (χ1v) is 6.75. The molecule has 15 heavy (non-hydrogen) atoms. The molecule has 0 aromatic carbocycles. The summed E-state index contributed by atoms with van der Waals surface area (Å²) in [4.78, 5) is 2.33. The molecule has 1 aliphatic heterocycles. The van der Waals surface area contributed by atoms with Crippen LogP contribution in [0.15, 0.2) is 5.16 Å². The molecule has 0 amide bonds. The van der Waals surface area contributed by atoms with Gasteiger partial charge in [-0.3, -0.25) is 4.21 Å². The molecule has 0 aromatic heterocycles. The average molecular weight is 233 g/mol. The lowest BCUT2D eigenvalue weighted by Gasteiger charge is -2.25. The molecule has 1 saturated heterocycles. The van der Waals surface area contributed by atoms with Gasteiger partial charge in [-0.1, -0.05) is 5.16 Å². The molecule has 1 rings (SSSR count). The molecular formula is C9H19N3O2S. The molecule has 1 fully saturated rings. The maximum absolute atomic E-state index is 11.1. The van der Waals surface area contributed by atoms with Crippen molar-refractivity contribution in [1.82, 2.24) is 4.90 Å². The summed E-state index contributed by atoms with van der Waals surface area (Å²) in [7, 11) is -0.591. The quantitative estimate of drug-likeness (QED) is 0.230. The molecular weight excluding hydrogens is 214 g/mol. The highest BCUT2D eigenvalue weighted by Crippen LogP contribution is 2.03. The lowest BCUT2D eigenvalue weighted by Crippen LogP contribution is -2.38. The first-order valence-electron chi connectivity index (χ1n) is 5.26. The summed E-state index contributed by atoms with van der Waals surface area (Å²) in [5.74, 6) is 1.91. The molecule has 1 aliphatic rings. The van der Waals surface area contributed by atoms with Crippen LogP contribution in [-0.4, -0.2) is 51.3 Å². The Hall–Kier alpha value is -0.620. The van der Waals surface area contributed by atoms with Gasteiger partial charge in [-0.15, -0.1) is 0 Å². The number of oxime groups is 1. The van der Waals surface area contributed by atoms with Crippen LogP contribution < -0.4 is 5.73 Å². The van der Waals surface area contributed by atoms with Crippen LogP contribution in [-0.2, 0) is 10.8 Å². The number of unbranched alkanes of at least 4 members (excludes halogenated alkanes) is 1. The van der Waals surface area contributed by atoms with Crippen molar-refractivity contribution in [2.75, 3.05) is 31.1 Å². The third-order valence-corrected chi connectivity index (χ3v) is 3.83. The monoisotopic (exact) mass is 233 g/mol. The van der Waals surface area contributed by atoms with Crippen LogP contribution in [0.3, 0.4) is 0 Å². The Labute approximate surface area is 92.8 Å². The fourth-order valence-corrected chi connectivity index (χ4v) is 2.72. The smallest absolute Gasteiger partial charge is 0.139 e. The Morgan fingerprint density at radius 3 is 2.67 bits per heavy atom. The Kier molecular flexibility index (Phi) is 5.63. The Bertz CT molecular complexity index is 236. The lowest BCUT2D eigenvalue weighted by atomic mass is 10.2. The molecule has 0 atom stereocenters. The third-order valence-electron chi connectivity index (χ3n) is 2.56. The van der Waals surface area contributed by atoms with Gasteiger partial charge in [-0.25, -0.2) is 0 Å². The van der Waals surface area contributed by atoms with Crippen LogP contribution in [0.1, 0.15) is 19.3 Å². The number of hydrogen-bond acceptors (Lipinski definition) is 4. The van der Waals surface area contributed by atoms with Crippen molar-refractivity contribution < 1.29 is 9.42 Å². The van der Waals surface area contributed by atoms with Gasteiger partial charge in [-0.05, 0) is 19.4 Å². The molecule has 0 aromatic rings. The van der Waals surface area contributed by atoms with Gasteiger partial charge < -0.3 is 15.8 Å². The van der Waals surface area contributed by atoms with Gasteiger partial charge >= 0.3 is 0 Å². The van der Waals surface area contributed by atoms with Crippen molar-refractivity contribution in [3.8, 4) is 0 Å². The van der Waals surface area contributed by atoms with E-state index in [0.29, 0.717) is 12.3 Å². The molecule has 0 bridgehead atoms. The molecule has 88 valence electrons. The second-order valence-corrected chi connectivity index (χ2v) is 5.43. The van der Waals surface area contributed by atoms with E-state index in [0.717, 1.165) is 44.0 Å². The van der Waals surface area contributed by atoms with Crippen LogP contribution in [0.4, 0.5) is 0 Å². The van der Waals surface area contributed by atoms with Gasteiger partial charge in [0.15, 0.2) is 0 Å². The molecule has 1 heterocycles. The highest BCUT2D eigenvalue weighted by molar-refractivity contribution is 7.85. The number of nitrogens with zero attached hydrogens (tertiary/aromatic N) is 2. The molecule has 3 N–H and O–H groups in total. The SMILES string of the molecule is NC(CCCCN1CCS(=O)CC1)=NO. The predicted octanol–water partition coefficient (Wildman–Crippen LogP) is -0.0326. The van der Waals surface area contributed by atoms with E-state index in [1.165, 1.54) is 0 Å². The zero-order valence-corrected chi connectivity index (χ0v) is 9.71. The zero-order chi connectivity index (χ0) is 11.1. The molecule has 0 saturated carbocycles. The maximum Gasteiger partial charge on any atom is 0.139 e. The third kappa shape index (κ3) is 5.13. The van der Waals surface area contributed by atoms with E-state index >= 15 is 0 Å². The number of rotatable bonds is 5. The summed E-state index contributed by atoms with van der Waals surface area (Å²) in [5, 5.41) is 11.3. The van der Waals surface area contributed by atoms with Gasteiger partial charge in [0.1, 0.15) is 5.84 Å². The summed E-state index contributed by atoms with van der Waals surface area (Å²) in [5.41, 5.74) is 5.36. The molecule has 6 heteroatoms. The fraction of sp³-hybridized carbons (Fsp3) is 0.889. The van der Waals surface area contributed by atoms with Crippen molar-refractivity contribution >= 4 is 16.6 Å². The van der Waals surface area contributed by atoms with Crippen LogP contribution in [0, 0.1) is 0 Å². The first-order chi connectivity index (χ1) is 7.22. The van der Waals surface area contributed by atoms with Crippen molar-refractivity contribution in [1.29, 1.82) is 0 Å². The van der Waals surface area contributed by atoms with Crippen LogP contribution in [0.5, 0.6) is 0 Å². The highest BCUT2D eigenvalue weighted by Gasteiger charge is 2.13. The summed E-state index contributed by atoms with van der Waals surface area (Å²) in [6.45, 7) is 2.91. The largest absolute Gasteiger partial charge is 0.409 e. The summed E-state index contributed by atoms with van der Waals surface area (Å²) >= 11 is 0. The number of nitrogens with two attached hydrogens (primary N) is 1. The minimum Gasteiger partial charge on any atom is -0.409 e. The van der Waals surface area contributed by atoms with Crippen molar-refractivity contribution in [2.45, 2.75) is 19.3 Å². The number of amidine groups is 1. The van der Waals surface area contributed by atoms with E-state index in [9.17, 15) is 4.21 Å². The van der Waals surface area contributed by atoms with Crippen LogP contribution in [0.25, 0.3) is 0 Å². The van der Waals surface area contributed by atoms with Gasteiger partial charge in [0.25, 0.3) is 0 Å². The molecule has 0 radical (unpaired) electrons. The normalized spacial score (nSPS) is 20.7. The van der Waals surface area contributed by atoms with Crippen molar-refractivity contribution in [3.05, 3.63) is 0 Å². The average Bonchev–Trinajstić information content (AvgIpc) is 2.26. The van der Waals surface area contributed by atoms with Crippen molar-refractivity contribution in [3.63, 3.8) is 0 Å². The summed E-state index contributed by atoms with van der Waals surface area (Å²) in [6.07, 6.45) is 2.63. The summed E-state index contributed by atoms with van der Waals surface area (Å²) < 4.78 is 11.1. The van der Waals surface area contributed by atoms with E-state index in [2.05, 4.69) is 10.1 Å². The first kappa shape index (κ1) is 12.4. The Morgan fingerprint density at radius 2 is 2.07 bits per heavy atom. The van der Waals surface area contributed by atoms with E-state index < -0.39 is 10.8 Å². The van der Waals surface area contributed by atoms with Crippen LogP contribution >= 0.6 is 0 Å². The lowest BCUT2D eigenvalue weighted by molar-refractivity contribution is 0.292. The highest BCUT2D eigenvalue weighted by atomic mass is 32.2. The van der Waals surface area contributed by atoms with Gasteiger partial charge in [-0.2, -0.15) is 0 Å². The topological polar surface area (TPSA) is 78.9 Å². The zero-order valence-electron chi connectivity index (χ0n) is 8.89. The van der Waals surface area contributed by atoms with E-state index in [-0.39, 0.29) is 0 Å². The van der Waals surface area contributed by atoms with E-state index in [1.54, 1.807) is 0 Å². The Morgan fingerprint density at radius 1 is 1.40 bits per heavy atom. The minimum atomic E-state index is -0.591. The standard InChI is InChI=1S/C9H19N3O2S/c10-9(11-13)3-1-2-4-12-5-7-15(14)8-6-12/h13H,1-8H2,(H2,10,11). The molecule has 0 unspecified atom stereocenters. The predicted molar refractivity (Wildman–Crippen MR) is 61.6 cm³/mol. The molecule has 0 spiro atoms. The number of hydrogen-bond donors (Lipinski definition) is 2. The summed E-state index contributed by atoms with van der Waals surface area (Å²) in [6, 6.07) is 0. The van der Waals surface area contributed by atoms with Gasteiger partial charge in [0.05, 0.1) is 0 Å². The second kappa shape index (κ2) is 6.79. The molecule has 5 nitrogen and oxygen atoms in total. The Balaban J connectivity index is 2.03. The minimum absolute atomic E-state index is 0.301. The van der Waals surface area contributed by atoms with Gasteiger partial charge in [0, 0.05) is 41.8 Å².